The molecule has 0 spiro atoms. The van der Waals surface area contributed by atoms with Gasteiger partial charge in [-0.2, -0.15) is 0 Å². The van der Waals surface area contributed by atoms with Crippen molar-refractivity contribution in [3.05, 3.63) is 141 Å². The first-order chi connectivity index (χ1) is 16.7. The van der Waals surface area contributed by atoms with Gasteiger partial charge in [0.05, 0.1) is 0 Å². The normalized spacial score (nSPS) is 13.0. The predicted molar refractivity (Wildman–Crippen MR) is 143 cm³/mol. The molecule has 178 valence electrons. The van der Waals surface area contributed by atoms with Crippen molar-refractivity contribution in [3.63, 3.8) is 0 Å². The minimum atomic E-state index is -2.34. The first-order valence-corrected chi connectivity index (χ1v) is 20.0. The van der Waals surface area contributed by atoms with Gasteiger partial charge in [-0.25, -0.2) is 0 Å². The molecule has 4 aromatic rings. The summed E-state index contributed by atoms with van der Waals surface area (Å²) in [6.45, 7) is 4.50. The second-order valence-electron chi connectivity index (χ2n) is 9.46. The third-order valence-electron chi connectivity index (χ3n) is 7.12. The first-order valence-electron chi connectivity index (χ1n) is 12.1. The molecule has 0 N–H and O–H groups in total. The number of allylic oxidation sites excluding steroid dienone is 4. The summed E-state index contributed by atoms with van der Waals surface area (Å²) in [6.07, 6.45) is 8.33. The van der Waals surface area contributed by atoms with Crippen molar-refractivity contribution >= 4 is 15.8 Å². The average Bonchev–Trinajstić information content (AvgIpc) is 3.49. The van der Waals surface area contributed by atoms with Gasteiger partial charge in [-0.1, -0.05) is 0 Å². The Morgan fingerprint density at radius 2 is 1.19 bits per heavy atom. The van der Waals surface area contributed by atoms with E-state index >= 15 is 0 Å². The van der Waals surface area contributed by atoms with Gasteiger partial charge in [0.25, 0.3) is 0 Å². The molecule has 0 saturated heterocycles. The van der Waals surface area contributed by atoms with Gasteiger partial charge in [0.2, 0.25) is 0 Å². The van der Waals surface area contributed by atoms with E-state index in [2.05, 4.69) is 129 Å². The zero-order valence-electron chi connectivity index (χ0n) is 20.5. The molecule has 0 unspecified atom stereocenters. The summed E-state index contributed by atoms with van der Waals surface area (Å²) in [7, 11) is 0. The van der Waals surface area contributed by atoms with E-state index in [1.54, 1.807) is 24.8 Å². The van der Waals surface area contributed by atoms with Crippen LogP contribution in [-0.2, 0) is 20.4 Å². The summed E-state index contributed by atoms with van der Waals surface area (Å²) >= 11 is -2.34. The zero-order chi connectivity index (χ0) is 23.1. The Kier molecular flexibility index (Phi) is 8.74. The van der Waals surface area contributed by atoms with Crippen molar-refractivity contribution in [2.75, 3.05) is 0 Å². The fourth-order valence-electron chi connectivity index (χ4n) is 5.68. The van der Waals surface area contributed by atoms with Gasteiger partial charge in [-0.3, -0.25) is 0 Å². The topological polar surface area (TPSA) is 0 Å². The van der Waals surface area contributed by atoms with Crippen LogP contribution in [0.1, 0.15) is 32.3 Å². The van der Waals surface area contributed by atoms with Crippen molar-refractivity contribution in [2.24, 2.45) is 0 Å². The Hall–Kier alpha value is -1.96. The molecule has 0 bridgehead atoms. The van der Waals surface area contributed by atoms with E-state index < -0.39 is 25.8 Å². The summed E-state index contributed by atoms with van der Waals surface area (Å²) in [4.78, 5) is 0. The van der Waals surface area contributed by atoms with E-state index in [4.69, 9.17) is 0 Å². The number of fused-ring (bicyclic) bond motifs is 3. The molecule has 2 aliphatic rings. The molecule has 0 aliphatic heterocycles. The molecule has 0 atom stereocenters. The van der Waals surface area contributed by atoms with Crippen LogP contribution in [0, 0.1) is 13.8 Å². The molecule has 2 aliphatic carbocycles. The minimum Gasteiger partial charge on any atom is -1.00 e. The fourth-order valence-corrected chi connectivity index (χ4v) is 28.0. The predicted octanol–water partition coefficient (Wildman–Crippen LogP) is 0.649. The monoisotopic (exact) mass is 600 g/mol. The van der Waals surface area contributed by atoms with Crippen molar-refractivity contribution in [1.82, 2.24) is 0 Å². The summed E-state index contributed by atoms with van der Waals surface area (Å²) < 4.78 is 2.34. The summed E-state index contributed by atoms with van der Waals surface area (Å²) in [6, 6.07) is 37.4. The van der Waals surface area contributed by atoms with Gasteiger partial charge in [0, 0.05) is 0 Å². The number of benzene rings is 4. The van der Waals surface area contributed by atoms with Crippen molar-refractivity contribution in [3.8, 4) is 11.1 Å². The maximum absolute atomic E-state index is 2.49. The van der Waals surface area contributed by atoms with Gasteiger partial charge in [-0.15, -0.1) is 0 Å². The van der Waals surface area contributed by atoms with E-state index in [1.165, 1.54) is 22.3 Å². The summed E-state index contributed by atoms with van der Waals surface area (Å²) in [5.41, 5.74) is 7.89. The molecular weight excluding hydrogens is 575 g/mol. The zero-order valence-corrected chi connectivity index (χ0v) is 25.5. The van der Waals surface area contributed by atoms with Crippen molar-refractivity contribution < 1.29 is 45.2 Å². The molecule has 0 radical (unpaired) electrons. The second-order valence-corrected chi connectivity index (χ2v) is 23.3. The third kappa shape index (κ3) is 4.94. The van der Waals surface area contributed by atoms with E-state index in [1.807, 2.05) is 0 Å². The van der Waals surface area contributed by atoms with Crippen LogP contribution in [-0.4, -0.2) is 5.43 Å². The molecule has 4 heteroatoms. The summed E-state index contributed by atoms with van der Waals surface area (Å²) in [5, 5.41) is 3.19. The molecule has 6 rings (SSSR count). The van der Waals surface area contributed by atoms with Crippen LogP contribution in [0.5, 0.6) is 0 Å². The van der Waals surface area contributed by atoms with E-state index in [9.17, 15) is 0 Å². The number of halogens is 2. The van der Waals surface area contributed by atoms with Gasteiger partial charge in [0.15, 0.2) is 0 Å². The minimum absolute atomic E-state index is 0. The Morgan fingerprint density at radius 3 is 1.67 bits per heavy atom. The van der Waals surface area contributed by atoms with Crippen LogP contribution >= 0.6 is 0 Å². The molecule has 4 aromatic carbocycles. The van der Waals surface area contributed by atoms with Crippen LogP contribution in [0.15, 0.2) is 119 Å². The molecular formula is C32H28Cl2SiZr. The van der Waals surface area contributed by atoms with E-state index in [0.717, 1.165) is 6.42 Å². The molecule has 0 heterocycles. The van der Waals surface area contributed by atoms with Crippen LogP contribution in [0.4, 0.5) is 0 Å². The fraction of sp³-hybridized carbons (Fsp3) is 0.125. The van der Waals surface area contributed by atoms with Gasteiger partial charge in [0.1, 0.15) is 0 Å². The molecule has 36 heavy (non-hydrogen) atoms. The SMILES string of the molecule is Cc1cccc([Si](c2cccc(C)c2)=[Zr+2]([C]2=CC=CC2)[CH]2c3ccccc3-c3ccccc32)c1.[Cl-].[Cl-]. The van der Waals surface area contributed by atoms with Crippen LogP contribution < -0.4 is 35.2 Å². The standard InChI is InChI=1S/C14H14Si.C13H9.C5H5.2ClH.Zr/c1-11-5-3-7-13(9-11)15-14-8-4-6-12(2)10-14;1-3-7-12-10(5-1)9-11-6-2-4-8-13(11)12;1-2-4-5-3-1;;;/h3-10H,1-2H3;1-9H;1-3H,4H2;2*1H;/q;;;;;+2/p-2. The number of hydrogen-bond acceptors (Lipinski definition) is 0. The largest absolute Gasteiger partial charge is 1.00 e. The average molecular weight is 603 g/mol. The number of rotatable bonds is 4. The smallest absolute Gasteiger partial charge is 1.00 e. The Bertz CT molecular complexity index is 1420. The third-order valence-corrected chi connectivity index (χ3v) is 26.8. The molecule has 0 amide bonds. The molecule has 0 saturated carbocycles. The number of hydrogen-bond donors (Lipinski definition) is 0. The Balaban J connectivity index is 0.00000152. The molecule has 0 fully saturated rings. The van der Waals surface area contributed by atoms with E-state index in [0.29, 0.717) is 3.63 Å². The van der Waals surface area contributed by atoms with Gasteiger partial charge < -0.3 is 24.8 Å². The Morgan fingerprint density at radius 1 is 0.667 bits per heavy atom. The number of aryl methyl sites for hydroxylation is 2. The molecule has 0 nitrogen and oxygen atoms in total. The van der Waals surface area contributed by atoms with Gasteiger partial charge in [-0.05, 0) is 0 Å². The maximum atomic E-state index is 2.49. The summed E-state index contributed by atoms with van der Waals surface area (Å²) in [5.74, 6) is 0. The molecule has 0 aromatic heterocycles. The van der Waals surface area contributed by atoms with Crippen molar-refractivity contribution in [1.29, 1.82) is 0 Å². The Labute approximate surface area is 235 Å². The second kappa shape index (κ2) is 11.6. The van der Waals surface area contributed by atoms with Gasteiger partial charge >= 0.3 is 212 Å². The first kappa shape index (κ1) is 27.1. The van der Waals surface area contributed by atoms with E-state index in [-0.39, 0.29) is 24.8 Å². The quantitative estimate of drug-likeness (QED) is 0.301. The van der Waals surface area contributed by atoms with Crippen LogP contribution in [0.3, 0.4) is 0 Å². The van der Waals surface area contributed by atoms with Crippen LogP contribution in [0.2, 0.25) is 0 Å². The van der Waals surface area contributed by atoms with Crippen molar-refractivity contribution in [2.45, 2.75) is 23.9 Å². The van der Waals surface area contributed by atoms with Crippen LogP contribution in [0.25, 0.3) is 11.1 Å². The maximum Gasteiger partial charge on any atom is -1.00 e.